The van der Waals surface area contributed by atoms with Crippen molar-refractivity contribution in [2.45, 2.75) is 30.9 Å². The monoisotopic (exact) mass is 233 g/mol. The molecule has 2 aromatic rings. The van der Waals surface area contributed by atoms with Crippen molar-refractivity contribution in [3.05, 3.63) is 30.0 Å². The Labute approximate surface area is 101 Å². The molecule has 0 spiro atoms. The lowest BCUT2D eigenvalue weighted by molar-refractivity contribution is 0.0217. The molecule has 0 aliphatic carbocycles. The van der Waals surface area contributed by atoms with Crippen molar-refractivity contribution >= 4 is 23.5 Å². The smallest absolute Gasteiger partial charge is 0.0880 e. The van der Waals surface area contributed by atoms with E-state index in [0.29, 0.717) is 6.61 Å². The summed E-state index contributed by atoms with van der Waals surface area (Å²) < 4.78 is 8.02. The van der Waals surface area contributed by atoms with Crippen LogP contribution in [-0.4, -0.2) is 11.2 Å². The summed E-state index contributed by atoms with van der Waals surface area (Å²) in [5.74, 6) is 0. The van der Waals surface area contributed by atoms with Crippen molar-refractivity contribution in [3.63, 3.8) is 0 Å². The van der Waals surface area contributed by atoms with E-state index >= 15 is 0 Å². The van der Waals surface area contributed by atoms with Crippen LogP contribution in [0.1, 0.15) is 19.5 Å². The first kappa shape index (κ1) is 10.2. The van der Waals surface area contributed by atoms with Gasteiger partial charge in [-0.15, -0.1) is 12.6 Å². The molecule has 0 saturated heterocycles. The van der Waals surface area contributed by atoms with Crippen molar-refractivity contribution in [1.29, 1.82) is 0 Å². The first-order valence-corrected chi connectivity index (χ1v) is 5.95. The summed E-state index contributed by atoms with van der Waals surface area (Å²) in [7, 11) is 0. The predicted octanol–water partition coefficient (Wildman–Crippen LogP) is 3.20. The maximum absolute atomic E-state index is 5.65. The first-order valence-electron chi connectivity index (χ1n) is 5.51. The Morgan fingerprint density at radius 2 is 2.06 bits per heavy atom. The third-order valence-corrected chi connectivity index (χ3v) is 3.74. The second-order valence-corrected chi connectivity index (χ2v) is 5.40. The predicted molar refractivity (Wildman–Crippen MR) is 68.2 cm³/mol. The standard InChI is InChI=1S/C13H15NOS/c1-13(2)8-15-7-11-12(16)9-5-3-4-6-10(9)14(11)13/h3-6,16H,7-8H2,1-2H3. The number of hydrogen-bond donors (Lipinski definition) is 1. The Kier molecular flexibility index (Phi) is 2.10. The average molecular weight is 233 g/mol. The van der Waals surface area contributed by atoms with E-state index in [1.165, 1.54) is 16.6 Å². The van der Waals surface area contributed by atoms with Gasteiger partial charge in [-0.3, -0.25) is 0 Å². The summed E-state index contributed by atoms with van der Waals surface area (Å²) in [6.45, 7) is 5.83. The van der Waals surface area contributed by atoms with E-state index < -0.39 is 0 Å². The van der Waals surface area contributed by atoms with Gasteiger partial charge in [-0.1, -0.05) is 18.2 Å². The van der Waals surface area contributed by atoms with Gasteiger partial charge in [0.1, 0.15) is 0 Å². The van der Waals surface area contributed by atoms with Crippen LogP contribution in [0, 0.1) is 0 Å². The molecule has 84 valence electrons. The molecule has 2 heterocycles. The summed E-state index contributed by atoms with van der Waals surface area (Å²) in [4.78, 5) is 1.06. The molecule has 1 aliphatic heterocycles. The van der Waals surface area contributed by atoms with Crippen LogP contribution in [0.4, 0.5) is 0 Å². The van der Waals surface area contributed by atoms with E-state index in [1.807, 2.05) is 0 Å². The number of fused-ring (bicyclic) bond motifs is 3. The quantitative estimate of drug-likeness (QED) is 0.690. The van der Waals surface area contributed by atoms with Crippen molar-refractivity contribution in [1.82, 2.24) is 4.57 Å². The van der Waals surface area contributed by atoms with Gasteiger partial charge in [-0.05, 0) is 19.9 Å². The maximum Gasteiger partial charge on any atom is 0.0880 e. The van der Waals surface area contributed by atoms with Crippen LogP contribution in [0.15, 0.2) is 29.2 Å². The molecule has 0 atom stereocenters. The molecule has 3 heteroatoms. The van der Waals surface area contributed by atoms with Gasteiger partial charge < -0.3 is 9.30 Å². The SMILES string of the molecule is CC1(C)COCc2c(S)c3ccccc3n21. The Bertz CT molecular complexity index is 556. The zero-order chi connectivity index (χ0) is 11.3. The number of nitrogens with zero attached hydrogens (tertiary/aromatic N) is 1. The van der Waals surface area contributed by atoms with Crippen LogP contribution in [0.3, 0.4) is 0 Å². The van der Waals surface area contributed by atoms with E-state index in [2.05, 4.69) is 55.3 Å². The van der Waals surface area contributed by atoms with Crippen molar-refractivity contribution in [2.75, 3.05) is 6.61 Å². The fourth-order valence-electron chi connectivity index (χ4n) is 2.56. The molecule has 1 aromatic heterocycles. The molecule has 16 heavy (non-hydrogen) atoms. The molecule has 0 saturated carbocycles. The number of aromatic nitrogens is 1. The minimum absolute atomic E-state index is 0.00810. The van der Waals surface area contributed by atoms with Gasteiger partial charge in [0.05, 0.1) is 30.0 Å². The van der Waals surface area contributed by atoms with Crippen LogP contribution in [-0.2, 0) is 16.9 Å². The highest BCUT2D eigenvalue weighted by Crippen LogP contribution is 2.37. The Balaban J connectivity index is 2.44. The van der Waals surface area contributed by atoms with E-state index in [0.717, 1.165) is 11.5 Å². The molecule has 3 rings (SSSR count). The summed E-state index contributed by atoms with van der Waals surface area (Å²) in [6, 6.07) is 8.42. The fraction of sp³-hybridized carbons (Fsp3) is 0.385. The molecule has 0 fully saturated rings. The highest BCUT2D eigenvalue weighted by molar-refractivity contribution is 7.80. The number of rotatable bonds is 0. The van der Waals surface area contributed by atoms with Crippen LogP contribution in [0.2, 0.25) is 0 Å². The van der Waals surface area contributed by atoms with E-state index in [-0.39, 0.29) is 5.54 Å². The second kappa shape index (κ2) is 3.28. The van der Waals surface area contributed by atoms with Gasteiger partial charge in [0.15, 0.2) is 0 Å². The first-order chi connectivity index (χ1) is 7.61. The number of hydrogen-bond acceptors (Lipinski definition) is 2. The summed E-state index contributed by atoms with van der Waals surface area (Å²) in [5.41, 5.74) is 2.46. The minimum atomic E-state index is 0.00810. The number of ether oxygens (including phenoxy) is 1. The molecule has 1 aromatic carbocycles. The topological polar surface area (TPSA) is 14.2 Å². The molecular formula is C13H15NOS. The van der Waals surface area contributed by atoms with Crippen LogP contribution in [0.25, 0.3) is 10.9 Å². The molecule has 0 unspecified atom stereocenters. The molecule has 0 amide bonds. The normalized spacial score (nSPS) is 18.7. The number of para-hydroxylation sites is 1. The Morgan fingerprint density at radius 3 is 2.88 bits per heavy atom. The zero-order valence-corrected chi connectivity index (χ0v) is 10.4. The fourth-order valence-corrected chi connectivity index (χ4v) is 2.92. The molecule has 1 aliphatic rings. The molecule has 0 radical (unpaired) electrons. The maximum atomic E-state index is 5.65. The minimum Gasteiger partial charge on any atom is -0.373 e. The highest BCUT2D eigenvalue weighted by Gasteiger charge is 2.31. The van der Waals surface area contributed by atoms with Gasteiger partial charge in [-0.25, -0.2) is 0 Å². The van der Waals surface area contributed by atoms with Crippen LogP contribution < -0.4 is 0 Å². The van der Waals surface area contributed by atoms with Gasteiger partial charge in [0.25, 0.3) is 0 Å². The molecule has 0 N–H and O–H groups in total. The average Bonchev–Trinajstić information content (AvgIpc) is 2.54. The van der Waals surface area contributed by atoms with Crippen molar-refractivity contribution in [2.24, 2.45) is 0 Å². The lowest BCUT2D eigenvalue weighted by atomic mass is 10.0. The van der Waals surface area contributed by atoms with Gasteiger partial charge in [0, 0.05) is 10.3 Å². The summed E-state index contributed by atoms with van der Waals surface area (Å²) in [5, 5.41) is 1.22. The van der Waals surface area contributed by atoms with Gasteiger partial charge >= 0.3 is 0 Å². The zero-order valence-electron chi connectivity index (χ0n) is 9.53. The third-order valence-electron chi connectivity index (χ3n) is 3.24. The molecule has 2 nitrogen and oxygen atoms in total. The van der Waals surface area contributed by atoms with Gasteiger partial charge in [-0.2, -0.15) is 0 Å². The molecule has 0 bridgehead atoms. The van der Waals surface area contributed by atoms with E-state index in [9.17, 15) is 0 Å². The van der Waals surface area contributed by atoms with E-state index in [1.54, 1.807) is 0 Å². The summed E-state index contributed by atoms with van der Waals surface area (Å²) >= 11 is 4.63. The number of thiol groups is 1. The largest absolute Gasteiger partial charge is 0.373 e. The second-order valence-electron chi connectivity index (χ2n) is 4.95. The Hall–Kier alpha value is -0.930. The van der Waals surface area contributed by atoms with Crippen LogP contribution >= 0.6 is 12.6 Å². The van der Waals surface area contributed by atoms with Crippen molar-refractivity contribution < 1.29 is 4.74 Å². The number of benzene rings is 1. The van der Waals surface area contributed by atoms with Gasteiger partial charge in [0.2, 0.25) is 0 Å². The summed E-state index contributed by atoms with van der Waals surface area (Å²) in [6.07, 6.45) is 0. The van der Waals surface area contributed by atoms with Crippen LogP contribution in [0.5, 0.6) is 0 Å². The Morgan fingerprint density at radius 1 is 1.31 bits per heavy atom. The lowest BCUT2D eigenvalue weighted by Gasteiger charge is -2.34. The van der Waals surface area contributed by atoms with E-state index in [4.69, 9.17) is 4.74 Å². The van der Waals surface area contributed by atoms with Crippen molar-refractivity contribution in [3.8, 4) is 0 Å². The highest BCUT2D eigenvalue weighted by atomic mass is 32.1. The molecular weight excluding hydrogens is 218 g/mol. The third kappa shape index (κ3) is 1.25. The lowest BCUT2D eigenvalue weighted by Crippen LogP contribution is -2.37.